The van der Waals surface area contributed by atoms with E-state index in [0.29, 0.717) is 0 Å². The first-order valence-corrected chi connectivity index (χ1v) is 6.62. The van der Waals surface area contributed by atoms with Gasteiger partial charge in [-0.05, 0) is 60.1 Å². The summed E-state index contributed by atoms with van der Waals surface area (Å²) in [6.07, 6.45) is 2.31. The number of aryl methyl sites for hydroxylation is 3. The van der Waals surface area contributed by atoms with E-state index in [1.165, 1.54) is 45.4 Å². The molecule has 0 saturated heterocycles. The van der Waals surface area contributed by atoms with Crippen LogP contribution in [0, 0.1) is 13.8 Å². The zero-order chi connectivity index (χ0) is 12.3. The van der Waals surface area contributed by atoms with E-state index in [2.05, 4.69) is 38.1 Å². The maximum Gasteiger partial charge on any atom is 0.130 e. The largest absolute Gasteiger partial charge is 0.488 e. The lowest BCUT2D eigenvalue weighted by atomic mass is 9.79. The van der Waals surface area contributed by atoms with Crippen molar-refractivity contribution in [3.63, 3.8) is 0 Å². The molecule has 2 aliphatic rings. The Labute approximate surface area is 107 Å². The fourth-order valence-corrected chi connectivity index (χ4v) is 3.49. The van der Waals surface area contributed by atoms with Gasteiger partial charge in [-0.1, -0.05) is 24.3 Å². The second-order valence-corrected chi connectivity index (χ2v) is 5.43. The van der Waals surface area contributed by atoms with Gasteiger partial charge in [0, 0.05) is 5.56 Å². The molecule has 0 unspecified atom stereocenters. The summed E-state index contributed by atoms with van der Waals surface area (Å²) in [5.74, 6) is 1.12. The van der Waals surface area contributed by atoms with Gasteiger partial charge in [-0.2, -0.15) is 0 Å². The van der Waals surface area contributed by atoms with E-state index >= 15 is 0 Å². The molecule has 0 bridgehead atoms. The number of hydrogen-bond donors (Lipinski definition) is 0. The standard InChI is InChI=1S/C17H16O/c1-10-8-11(2)17-16-14(10)7-6-12-4-3-5-13(9-18-17)15(12)16/h3-5,8H,6-7,9H2,1-2H3. The third kappa shape index (κ3) is 1.17. The van der Waals surface area contributed by atoms with Crippen molar-refractivity contribution in [1.29, 1.82) is 0 Å². The molecular weight excluding hydrogens is 220 g/mol. The van der Waals surface area contributed by atoms with Crippen LogP contribution in [0.2, 0.25) is 0 Å². The SMILES string of the molecule is Cc1cc(C)c2c3c1CCc1cccc(c1-3)CO2. The fourth-order valence-electron chi connectivity index (χ4n) is 3.49. The Balaban J connectivity index is 2.17. The second kappa shape index (κ2) is 3.38. The molecular formula is C17H16O. The van der Waals surface area contributed by atoms with Crippen LogP contribution in [0.3, 0.4) is 0 Å². The van der Waals surface area contributed by atoms with Crippen LogP contribution in [0.25, 0.3) is 11.1 Å². The Morgan fingerprint density at radius 1 is 0.944 bits per heavy atom. The fraction of sp³-hybridized carbons (Fsp3) is 0.294. The van der Waals surface area contributed by atoms with Gasteiger partial charge in [0.2, 0.25) is 0 Å². The molecule has 0 fully saturated rings. The molecule has 0 amide bonds. The molecule has 90 valence electrons. The van der Waals surface area contributed by atoms with Gasteiger partial charge in [-0.25, -0.2) is 0 Å². The summed E-state index contributed by atoms with van der Waals surface area (Å²) in [4.78, 5) is 0. The van der Waals surface area contributed by atoms with Crippen molar-refractivity contribution < 1.29 is 4.74 Å². The molecule has 18 heavy (non-hydrogen) atoms. The van der Waals surface area contributed by atoms with Crippen molar-refractivity contribution in [2.75, 3.05) is 0 Å². The molecule has 0 atom stereocenters. The van der Waals surface area contributed by atoms with Crippen molar-refractivity contribution in [3.8, 4) is 16.9 Å². The number of hydrogen-bond acceptors (Lipinski definition) is 1. The second-order valence-electron chi connectivity index (χ2n) is 5.43. The van der Waals surface area contributed by atoms with Crippen molar-refractivity contribution >= 4 is 0 Å². The van der Waals surface area contributed by atoms with Crippen LogP contribution in [0.15, 0.2) is 24.3 Å². The molecule has 0 radical (unpaired) electrons. The molecule has 0 spiro atoms. The van der Waals surface area contributed by atoms with Gasteiger partial charge in [0.15, 0.2) is 0 Å². The Hall–Kier alpha value is -1.76. The predicted octanol–water partition coefficient (Wildman–Crippen LogP) is 3.96. The highest BCUT2D eigenvalue weighted by molar-refractivity contribution is 5.84. The Morgan fingerprint density at radius 3 is 2.67 bits per heavy atom. The maximum absolute atomic E-state index is 6.01. The first-order chi connectivity index (χ1) is 8.75. The van der Waals surface area contributed by atoms with Crippen molar-refractivity contribution in [2.24, 2.45) is 0 Å². The summed E-state index contributed by atoms with van der Waals surface area (Å²) in [5, 5.41) is 0. The molecule has 1 aliphatic carbocycles. The molecule has 1 heterocycles. The summed E-state index contributed by atoms with van der Waals surface area (Å²) in [6.45, 7) is 5.11. The molecule has 4 rings (SSSR count). The van der Waals surface area contributed by atoms with Crippen LogP contribution >= 0.6 is 0 Å². The van der Waals surface area contributed by atoms with E-state index in [4.69, 9.17) is 4.74 Å². The average molecular weight is 236 g/mol. The van der Waals surface area contributed by atoms with Crippen LogP contribution in [0.1, 0.15) is 27.8 Å². The van der Waals surface area contributed by atoms with Crippen LogP contribution in [0.4, 0.5) is 0 Å². The topological polar surface area (TPSA) is 9.23 Å². The summed E-state index contributed by atoms with van der Waals surface area (Å²) < 4.78 is 6.01. The monoisotopic (exact) mass is 236 g/mol. The van der Waals surface area contributed by atoms with Gasteiger partial charge in [0.05, 0.1) is 0 Å². The minimum atomic E-state index is 0.722. The first-order valence-electron chi connectivity index (χ1n) is 6.62. The first kappa shape index (κ1) is 10.2. The Morgan fingerprint density at radius 2 is 1.78 bits per heavy atom. The van der Waals surface area contributed by atoms with Gasteiger partial charge in [0.25, 0.3) is 0 Å². The lowest BCUT2D eigenvalue weighted by Gasteiger charge is -2.31. The molecule has 0 saturated carbocycles. The van der Waals surface area contributed by atoms with E-state index in [0.717, 1.165) is 18.8 Å². The van der Waals surface area contributed by atoms with Gasteiger partial charge in [-0.3, -0.25) is 0 Å². The lowest BCUT2D eigenvalue weighted by molar-refractivity contribution is 0.299. The predicted molar refractivity (Wildman–Crippen MR) is 73.1 cm³/mol. The van der Waals surface area contributed by atoms with Crippen LogP contribution < -0.4 is 4.74 Å². The molecule has 0 aromatic heterocycles. The zero-order valence-electron chi connectivity index (χ0n) is 10.8. The normalized spacial score (nSPS) is 15.0. The van der Waals surface area contributed by atoms with E-state index in [1.807, 2.05) is 0 Å². The van der Waals surface area contributed by atoms with E-state index < -0.39 is 0 Å². The molecule has 1 aliphatic heterocycles. The Kier molecular flexibility index (Phi) is 1.91. The van der Waals surface area contributed by atoms with E-state index in [9.17, 15) is 0 Å². The number of benzene rings is 2. The number of ether oxygens (including phenoxy) is 1. The summed E-state index contributed by atoms with van der Waals surface area (Å²) in [7, 11) is 0. The van der Waals surface area contributed by atoms with Crippen LogP contribution in [0.5, 0.6) is 5.75 Å². The average Bonchev–Trinajstić information content (AvgIpc) is 2.38. The van der Waals surface area contributed by atoms with Gasteiger partial charge in [0.1, 0.15) is 12.4 Å². The summed E-state index contributed by atoms with van der Waals surface area (Å²) in [5.41, 5.74) is 9.88. The highest BCUT2D eigenvalue weighted by atomic mass is 16.5. The quantitative estimate of drug-likeness (QED) is 0.672. The summed E-state index contributed by atoms with van der Waals surface area (Å²) in [6, 6.07) is 8.91. The maximum atomic E-state index is 6.01. The van der Waals surface area contributed by atoms with Crippen LogP contribution in [-0.4, -0.2) is 0 Å². The number of rotatable bonds is 0. The van der Waals surface area contributed by atoms with E-state index in [1.54, 1.807) is 0 Å². The highest BCUT2D eigenvalue weighted by Gasteiger charge is 2.28. The van der Waals surface area contributed by atoms with Crippen molar-refractivity contribution in [1.82, 2.24) is 0 Å². The lowest BCUT2D eigenvalue weighted by Crippen LogP contribution is -2.15. The highest BCUT2D eigenvalue weighted by Crippen LogP contribution is 2.47. The molecule has 2 aromatic carbocycles. The molecule has 2 aromatic rings. The molecule has 1 heteroatoms. The van der Waals surface area contributed by atoms with E-state index in [-0.39, 0.29) is 0 Å². The molecule has 1 nitrogen and oxygen atoms in total. The van der Waals surface area contributed by atoms with Gasteiger partial charge in [-0.15, -0.1) is 0 Å². The third-order valence-electron chi connectivity index (χ3n) is 4.30. The summed E-state index contributed by atoms with van der Waals surface area (Å²) >= 11 is 0. The van der Waals surface area contributed by atoms with Gasteiger partial charge < -0.3 is 4.74 Å². The minimum absolute atomic E-state index is 0.722. The minimum Gasteiger partial charge on any atom is -0.488 e. The van der Waals surface area contributed by atoms with Gasteiger partial charge >= 0.3 is 0 Å². The van der Waals surface area contributed by atoms with Crippen LogP contribution in [-0.2, 0) is 19.4 Å². The van der Waals surface area contributed by atoms with Crippen molar-refractivity contribution in [3.05, 3.63) is 52.1 Å². The molecule has 0 N–H and O–H groups in total. The van der Waals surface area contributed by atoms with Crippen molar-refractivity contribution in [2.45, 2.75) is 33.3 Å². The smallest absolute Gasteiger partial charge is 0.130 e. The third-order valence-corrected chi connectivity index (χ3v) is 4.30. The Bertz CT molecular complexity index is 617. The zero-order valence-corrected chi connectivity index (χ0v) is 10.8.